The molecule has 1 saturated heterocycles. The maximum absolute atomic E-state index is 14.3. The minimum atomic E-state index is -0.533. The molecule has 0 radical (unpaired) electrons. The van der Waals surface area contributed by atoms with Crippen LogP contribution in [0, 0.1) is 5.82 Å². The largest absolute Gasteiger partial charge is 0.493 e. The maximum Gasteiger partial charge on any atom is 0.165 e. The molecular weight excluding hydrogens is 454 g/mol. The summed E-state index contributed by atoms with van der Waals surface area (Å²) in [6.45, 7) is 1.78. The van der Waals surface area contributed by atoms with Crippen molar-refractivity contribution in [2.45, 2.75) is 18.9 Å². The molecule has 2 heterocycles. The SMILES string of the molecule is COc1cc2ncnc(Nc3cccc(Cl)c3F)c2cc1OC1CCCNC1.Cl.Cl. The van der Waals surface area contributed by atoms with Gasteiger partial charge in [0.05, 0.1) is 23.3 Å². The van der Waals surface area contributed by atoms with Crippen molar-refractivity contribution < 1.29 is 13.9 Å². The number of nitrogens with zero attached hydrogens (tertiary/aromatic N) is 2. The first-order valence-electron chi connectivity index (χ1n) is 9.07. The number of hydrogen-bond acceptors (Lipinski definition) is 6. The lowest BCUT2D eigenvalue weighted by Gasteiger charge is -2.25. The Morgan fingerprint density at radius 2 is 2.03 bits per heavy atom. The van der Waals surface area contributed by atoms with Crippen LogP contribution in [0.15, 0.2) is 36.7 Å². The van der Waals surface area contributed by atoms with Crippen molar-refractivity contribution in [1.82, 2.24) is 15.3 Å². The van der Waals surface area contributed by atoms with Gasteiger partial charge in [-0.25, -0.2) is 14.4 Å². The number of nitrogens with one attached hydrogen (secondary N) is 2. The Hall–Kier alpha value is -2.06. The Morgan fingerprint density at radius 1 is 1.20 bits per heavy atom. The lowest BCUT2D eigenvalue weighted by Crippen LogP contribution is -2.37. The fraction of sp³-hybridized carbons (Fsp3) is 0.300. The van der Waals surface area contributed by atoms with Gasteiger partial charge in [-0.2, -0.15) is 0 Å². The second-order valence-corrected chi connectivity index (χ2v) is 6.96. The summed E-state index contributed by atoms with van der Waals surface area (Å²) in [4.78, 5) is 8.58. The van der Waals surface area contributed by atoms with Crippen molar-refractivity contribution in [2.24, 2.45) is 0 Å². The third-order valence-electron chi connectivity index (χ3n) is 4.67. The molecule has 1 fully saturated rings. The molecule has 30 heavy (non-hydrogen) atoms. The molecule has 6 nitrogen and oxygen atoms in total. The van der Waals surface area contributed by atoms with E-state index in [4.69, 9.17) is 21.1 Å². The number of hydrogen-bond donors (Lipinski definition) is 2. The molecule has 0 spiro atoms. The fourth-order valence-corrected chi connectivity index (χ4v) is 3.42. The lowest BCUT2D eigenvalue weighted by atomic mass is 10.1. The van der Waals surface area contributed by atoms with Crippen LogP contribution in [0.3, 0.4) is 0 Å². The van der Waals surface area contributed by atoms with Crippen LogP contribution in [0.1, 0.15) is 12.8 Å². The third-order valence-corrected chi connectivity index (χ3v) is 4.96. The molecular formula is C20H22Cl3FN4O2. The summed E-state index contributed by atoms with van der Waals surface area (Å²) >= 11 is 5.88. The van der Waals surface area contributed by atoms with E-state index in [9.17, 15) is 4.39 Å². The zero-order valence-electron chi connectivity index (χ0n) is 16.2. The van der Waals surface area contributed by atoms with E-state index in [1.165, 1.54) is 12.4 Å². The van der Waals surface area contributed by atoms with Crippen LogP contribution in [-0.2, 0) is 0 Å². The minimum Gasteiger partial charge on any atom is -0.493 e. The normalized spacial score (nSPS) is 15.6. The maximum atomic E-state index is 14.3. The van der Waals surface area contributed by atoms with Crippen LogP contribution in [0.25, 0.3) is 10.9 Å². The number of aromatic nitrogens is 2. The zero-order chi connectivity index (χ0) is 19.5. The summed E-state index contributed by atoms with van der Waals surface area (Å²) in [7, 11) is 1.59. The van der Waals surface area contributed by atoms with Crippen molar-refractivity contribution in [2.75, 3.05) is 25.5 Å². The van der Waals surface area contributed by atoms with Crippen molar-refractivity contribution in [3.8, 4) is 11.5 Å². The van der Waals surface area contributed by atoms with E-state index in [2.05, 4.69) is 20.6 Å². The van der Waals surface area contributed by atoms with E-state index >= 15 is 0 Å². The predicted octanol–water partition coefficient (Wildman–Crippen LogP) is 5.15. The second-order valence-electron chi connectivity index (χ2n) is 6.56. The molecule has 3 aromatic rings. The summed E-state index contributed by atoms with van der Waals surface area (Å²) in [6, 6.07) is 8.39. The minimum absolute atomic E-state index is 0. The van der Waals surface area contributed by atoms with Crippen molar-refractivity contribution >= 4 is 58.8 Å². The van der Waals surface area contributed by atoms with Gasteiger partial charge in [-0.1, -0.05) is 17.7 Å². The Labute approximate surface area is 191 Å². The summed E-state index contributed by atoms with van der Waals surface area (Å²) in [5.41, 5.74) is 0.896. The number of anilines is 2. The number of fused-ring (bicyclic) bond motifs is 1. The highest BCUT2D eigenvalue weighted by Gasteiger charge is 2.19. The quantitative estimate of drug-likeness (QED) is 0.532. The van der Waals surface area contributed by atoms with E-state index in [0.29, 0.717) is 28.2 Å². The molecule has 1 aliphatic heterocycles. The van der Waals surface area contributed by atoms with Crippen LogP contribution in [-0.4, -0.2) is 36.3 Å². The summed E-state index contributed by atoms with van der Waals surface area (Å²) in [5.74, 6) is 1.12. The molecule has 2 N–H and O–H groups in total. The van der Waals surface area contributed by atoms with Gasteiger partial charge in [0.2, 0.25) is 0 Å². The van der Waals surface area contributed by atoms with E-state index in [-0.39, 0.29) is 41.6 Å². The van der Waals surface area contributed by atoms with Gasteiger partial charge in [0.15, 0.2) is 17.3 Å². The number of piperidine rings is 1. The van der Waals surface area contributed by atoms with Gasteiger partial charge in [0.1, 0.15) is 18.2 Å². The van der Waals surface area contributed by atoms with Crippen molar-refractivity contribution in [1.29, 1.82) is 0 Å². The van der Waals surface area contributed by atoms with Gasteiger partial charge in [-0.3, -0.25) is 0 Å². The smallest absolute Gasteiger partial charge is 0.165 e. The molecule has 1 aliphatic rings. The van der Waals surface area contributed by atoms with Crippen molar-refractivity contribution in [3.05, 3.63) is 47.5 Å². The Balaban J connectivity index is 0.00000160. The van der Waals surface area contributed by atoms with E-state index in [1.54, 1.807) is 25.3 Å². The first-order chi connectivity index (χ1) is 13.7. The number of ether oxygens (including phenoxy) is 2. The predicted molar refractivity (Wildman–Crippen MR) is 122 cm³/mol. The standard InChI is InChI=1S/C20H20ClFN4O2.2ClH/c1-27-17-9-16-13(8-18(17)28-12-4-3-7-23-10-12)20(25-11-24-16)26-15-6-2-5-14(21)19(15)22;;/h2,5-6,8-9,11-12,23H,3-4,7,10H2,1H3,(H,24,25,26);2*1H. The summed E-state index contributed by atoms with van der Waals surface area (Å²) < 4.78 is 26.0. The van der Waals surface area contributed by atoms with Crippen LogP contribution >= 0.6 is 36.4 Å². The fourth-order valence-electron chi connectivity index (χ4n) is 3.24. The number of methoxy groups -OCH3 is 1. The number of rotatable bonds is 5. The van der Waals surface area contributed by atoms with E-state index in [1.807, 2.05) is 6.07 Å². The van der Waals surface area contributed by atoms with Gasteiger partial charge in [-0.15, -0.1) is 24.8 Å². The van der Waals surface area contributed by atoms with Gasteiger partial charge >= 0.3 is 0 Å². The highest BCUT2D eigenvalue weighted by atomic mass is 35.5. The number of halogens is 4. The highest BCUT2D eigenvalue weighted by Crippen LogP contribution is 2.36. The topological polar surface area (TPSA) is 68.3 Å². The summed E-state index contributed by atoms with van der Waals surface area (Å²) in [5, 5.41) is 7.07. The molecule has 4 rings (SSSR count). The molecule has 1 atom stereocenters. The molecule has 0 aliphatic carbocycles. The van der Waals surface area contributed by atoms with Crippen LogP contribution in [0.2, 0.25) is 5.02 Å². The molecule has 1 aromatic heterocycles. The first-order valence-corrected chi connectivity index (χ1v) is 9.44. The van der Waals surface area contributed by atoms with Crippen molar-refractivity contribution in [3.63, 3.8) is 0 Å². The lowest BCUT2D eigenvalue weighted by molar-refractivity contribution is 0.161. The molecule has 10 heteroatoms. The Kier molecular flexibility index (Phi) is 8.73. The van der Waals surface area contributed by atoms with Gasteiger partial charge in [-0.05, 0) is 37.6 Å². The molecule has 0 saturated carbocycles. The van der Waals surface area contributed by atoms with Gasteiger partial charge in [0, 0.05) is 18.0 Å². The monoisotopic (exact) mass is 474 g/mol. The average molecular weight is 476 g/mol. The first kappa shape index (κ1) is 24.2. The average Bonchev–Trinajstić information content (AvgIpc) is 2.72. The molecule has 0 amide bonds. The highest BCUT2D eigenvalue weighted by molar-refractivity contribution is 6.31. The van der Waals surface area contributed by atoms with Crippen LogP contribution in [0.4, 0.5) is 15.9 Å². The Morgan fingerprint density at radius 3 is 2.77 bits per heavy atom. The van der Waals surface area contributed by atoms with Gasteiger partial charge < -0.3 is 20.1 Å². The van der Waals surface area contributed by atoms with Gasteiger partial charge in [0.25, 0.3) is 0 Å². The zero-order valence-corrected chi connectivity index (χ0v) is 18.5. The molecule has 162 valence electrons. The van der Waals surface area contributed by atoms with E-state index < -0.39 is 5.82 Å². The second kappa shape index (κ2) is 10.8. The molecule has 1 unspecified atom stereocenters. The molecule has 2 aromatic carbocycles. The van der Waals surface area contributed by atoms with Crippen LogP contribution < -0.4 is 20.1 Å². The Bertz CT molecular complexity index is 1000. The van der Waals surface area contributed by atoms with Crippen LogP contribution in [0.5, 0.6) is 11.5 Å². The third kappa shape index (κ3) is 5.16. The molecule has 0 bridgehead atoms. The summed E-state index contributed by atoms with van der Waals surface area (Å²) in [6.07, 6.45) is 3.51. The van der Waals surface area contributed by atoms with E-state index in [0.717, 1.165) is 25.9 Å². The number of benzene rings is 2.